The third-order valence-electron chi connectivity index (χ3n) is 4.54. The molecule has 1 nitrogen and oxygen atoms in total. The minimum absolute atomic E-state index is 0.505. The van der Waals surface area contributed by atoms with E-state index in [-0.39, 0.29) is 0 Å². The maximum atomic E-state index is 3.47. The van der Waals surface area contributed by atoms with Crippen molar-refractivity contribution < 1.29 is 0 Å². The second kappa shape index (κ2) is 2.98. The first kappa shape index (κ1) is 11.0. The standard InChI is InChI=1S/C12H25N/c1-8(2)9(13-7)10-11(3,4)12(10,5)6/h8-10,13H,1-7H3. The Balaban J connectivity index is 2.76. The lowest BCUT2D eigenvalue weighted by molar-refractivity contribution is 0.335. The van der Waals surface area contributed by atoms with Crippen molar-refractivity contribution in [3.63, 3.8) is 0 Å². The molecule has 0 aromatic rings. The Morgan fingerprint density at radius 3 is 1.46 bits per heavy atom. The molecular formula is C12H25N. The smallest absolute Gasteiger partial charge is 0.0126 e. The summed E-state index contributed by atoms with van der Waals surface area (Å²) in [5, 5.41) is 3.47. The topological polar surface area (TPSA) is 12.0 Å². The highest BCUT2D eigenvalue weighted by Gasteiger charge is 2.67. The van der Waals surface area contributed by atoms with E-state index in [1.54, 1.807) is 0 Å². The van der Waals surface area contributed by atoms with E-state index in [9.17, 15) is 0 Å². The summed E-state index contributed by atoms with van der Waals surface area (Å²) in [7, 11) is 2.09. The summed E-state index contributed by atoms with van der Waals surface area (Å²) >= 11 is 0. The number of hydrogen-bond acceptors (Lipinski definition) is 1. The first-order valence-corrected chi connectivity index (χ1v) is 5.44. The number of nitrogens with one attached hydrogen (secondary N) is 1. The molecule has 0 aliphatic heterocycles. The zero-order valence-electron chi connectivity index (χ0n) is 10.2. The highest BCUT2D eigenvalue weighted by molar-refractivity contribution is 5.16. The van der Waals surface area contributed by atoms with Crippen LogP contribution in [0.3, 0.4) is 0 Å². The molecule has 1 N–H and O–H groups in total. The first-order valence-electron chi connectivity index (χ1n) is 5.44. The second-order valence-corrected chi connectivity index (χ2v) is 5.98. The first-order chi connectivity index (χ1) is 5.76. The van der Waals surface area contributed by atoms with E-state index in [0.29, 0.717) is 16.9 Å². The molecule has 1 heteroatoms. The summed E-state index contributed by atoms with van der Waals surface area (Å²) in [6, 6.07) is 0.671. The molecule has 1 fully saturated rings. The summed E-state index contributed by atoms with van der Waals surface area (Å²) in [6.07, 6.45) is 0. The molecule has 1 atom stereocenters. The van der Waals surface area contributed by atoms with Crippen molar-refractivity contribution in [1.82, 2.24) is 5.32 Å². The average Bonchev–Trinajstić information content (AvgIpc) is 2.32. The Bertz CT molecular complexity index is 177. The maximum absolute atomic E-state index is 3.47. The Morgan fingerprint density at radius 1 is 1.00 bits per heavy atom. The predicted octanol–water partition coefficient (Wildman–Crippen LogP) is 2.91. The van der Waals surface area contributed by atoms with Crippen LogP contribution in [0.2, 0.25) is 0 Å². The molecule has 1 aliphatic rings. The predicted molar refractivity (Wildman–Crippen MR) is 58.7 cm³/mol. The molecule has 0 saturated heterocycles. The lowest BCUT2D eigenvalue weighted by Crippen LogP contribution is -2.35. The van der Waals surface area contributed by atoms with E-state index >= 15 is 0 Å². The molecule has 0 spiro atoms. The van der Waals surface area contributed by atoms with E-state index in [1.165, 1.54) is 0 Å². The van der Waals surface area contributed by atoms with Crippen molar-refractivity contribution in [1.29, 1.82) is 0 Å². The molecule has 0 aromatic heterocycles. The summed E-state index contributed by atoms with van der Waals surface area (Å²) in [5.74, 6) is 1.56. The molecule has 1 saturated carbocycles. The van der Waals surface area contributed by atoms with Crippen molar-refractivity contribution in [2.45, 2.75) is 47.6 Å². The fourth-order valence-electron chi connectivity index (χ4n) is 3.03. The van der Waals surface area contributed by atoms with Crippen molar-refractivity contribution in [3.05, 3.63) is 0 Å². The molecule has 78 valence electrons. The summed E-state index contributed by atoms with van der Waals surface area (Å²) in [6.45, 7) is 14.2. The van der Waals surface area contributed by atoms with Gasteiger partial charge in [-0.15, -0.1) is 0 Å². The molecule has 1 unspecified atom stereocenters. The lowest BCUT2D eigenvalue weighted by Gasteiger charge is -2.22. The largest absolute Gasteiger partial charge is 0.316 e. The Labute approximate surface area is 83.3 Å². The lowest BCUT2D eigenvalue weighted by atomic mass is 9.94. The van der Waals surface area contributed by atoms with Crippen molar-refractivity contribution in [2.24, 2.45) is 22.7 Å². The zero-order chi connectivity index (χ0) is 10.4. The fraction of sp³-hybridized carbons (Fsp3) is 1.00. The van der Waals surface area contributed by atoms with Gasteiger partial charge in [-0.05, 0) is 29.7 Å². The van der Waals surface area contributed by atoms with Gasteiger partial charge in [-0.2, -0.15) is 0 Å². The van der Waals surface area contributed by atoms with Crippen molar-refractivity contribution in [3.8, 4) is 0 Å². The Kier molecular flexibility index (Phi) is 2.53. The van der Waals surface area contributed by atoms with Crippen LogP contribution in [0.4, 0.5) is 0 Å². The van der Waals surface area contributed by atoms with Gasteiger partial charge in [-0.25, -0.2) is 0 Å². The van der Waals surface area contributed by atoms with Gasteiger partial charge in [0, 0.05) is 6.04 Å². The second-order valence-electron chi connectivity index (χ2n) is 5.98. The minimum Gasteiger partial charge on any atom is -0.316 e. The van der Waals surface area contributed by atoms with Crippen molar-refractivity contribution in [2.75, 3.05) is 7.05 Å². The zero-order valence-corrected chi connectivity index (χ0v) is 10.2. The van der Waals surface area contributed by atoms with E-state index < -0.39 is 0 Å². The van der Waals surface area contributed by atoms with E-state index in [1.807, 2.05) is 0 Å². The van der Waals surface area contributed by atoms with E-state index in [4.69, 9.17) is 0 Å². The average molecular weight is 183 g/mol. The summed E-state index contributed by atoms with van der Waals surface area (Å²) < 4.78 is 0. The van der Waals surface area contributed by atoms with E-state index in [0.717, 1.165) is 11.8 Å². The van der Waals surface area contributed by atoms with Gasteiger partial charge in [0.2, 0.25) is 0 Å². The number of hydrogen-bond donors (Lipinski definition) is 1. The van der Waals surface area contributed by atoms with Gasteiger partial charge in [0.25, 0.3) is 0 Å². The number of rotatable bonds is 3. The highest BCUT2D eigenvalue weighted by Crippen LogP contribution is 2.70. The van der Waals surface area contributed by atoms with Gasteiger partial charge in [0.15, 0.2) is 0 Å². The molecule has 0 aromatic carbocycles. The van der Waals surface area contributed by atoms with Gasteiger partial charge in [0.05, 0.1) is 0 Å². The van der Waals surface area contributed by atoms with Gasteiger partial charge in [-0.3, -0.25) is 0 Å². The normalized spacial score (nSPS) is 27.7. The molecule has 1 rings (SSSR count). The van der Waals surface area contributed by atoms with Gasteiger partial charge < -0.3 is 5.32 Å². The molecular weight excluding hydrogens is 158 g/mol. The van der Waals surface area contributed by atoms with Crippen LogP contribution in [-0.2, 0) is 0 Å². The van der Waals surface area contributed by atoms with Crippen molar-refractivity contribution >= 4 is 0 Å². The minimum atomic E-state index is 0.505. The van der Waals surface area contributed by atoms with Gasteiger partial charge in [0.1, 0.15) is 0 Å². The molecule has 0 heterocycles. The van der Waals surface area contributed by atoms with Crippen LogP contribution in [0.1, 0.15) is 41.5 Å². The quantitative estimate of drug-likeness (QED) is 0.709. The van der Waals surface area contributed by atoms with Gasteiger partial charge in [-0.1, -0.05) is 41.5 Å². The SMILES string of the molecule is CNC(C(C)C)C1C(C)(C)C1(C)C. The fourth-order valence-corrected chi connectivity index (χ4v) is 3.03. The maximum Gasteiger partial charge on any atom is 0.0126 e. The van der Waals surface area contributed by atoms with E-state index in [2.05, 4.69) is 53.9 Å². The Hall–Kier alpha value is -0.0400. The molecule has 13 heavy (non-hydrogen) atoms. The monoisotopic (exact) mass is 183 g/mol. The highest BCUT2D eigenvalue weighted by atomic mass is 14.9. The third-order valence-corrected chi connectivity index (χ3v) is 4.54. The summed E-state index contributed by atoms with van der Waals surface area (Å²) in [4.78, 5) is 0. The Morgan fingerprint density at radius 2 is 1.38 bits per heavy atom. The molecule has 0 amide bonds. The molecule has 1 aliphatic carbocycles. The van der Waals surface area contributed by atoms with Crippen LogP contribution in [0.15, 0.2) is 0 Å². The van der Waals surface area contributed by atoms with Crippen LogP contribution in [-0.4, -0.2) is 13.1 Å². The van der Waals surface area contributed by atoms with Crippen LogP contribution in [0, 0.1) is 22.7 Å². The van der Waals surface area contributed by atoms with Crippen LogP contribution in [0.5, 0.6) is 0 Å². The van der Waals surface area contributed by atoms with Crippen LogP contribution < -0.4 is 5.32 Å². The molecule has 0 radical (unpaired) electrons. The molecule has 0 bridgehead atoms. The van der Waals surface area contributed by atoms with Crippen LogP contribution >= 0.6 is 0 Å². The third kappa shape index (κ3) is 1.41. The van der Waals surface area contributed by atoms with Gasteiger partial charge >= 0.3 is 0 Å². The summed E-state index contributed by atoms with van der Waals surface area (Å²) in [5.41, 5.74) is 1.01. The van der Waals surface area contributed by atoms with Crippen LogP contribution in [0.25, 0.3) is 0 Å².